The average molecular weight is 303 g/mol. The van der Waals surface area contributed by atoms with E-state index in [1.54, 1.807) is 7.05 Å². The predicted octanol–water partition coefficient (Wildman–Crippen LogP) is 0.770. The lowest BCUT2D eigenvalue weighted by Crippen LogP contribution is -2.45. The summed E-state index contributed by atoms with van der Waals surface area (Å²) in [6, 6.07) is -0.0456. The van der Waals surface area contributed by atoms with Crippen LogP contribution in [0.2, 0.25) is 0 Å². The first kappa shape index (κ1) is 19.7. The summed E-state index contributed by atoms with van der Waals surface area (Å²) < 4.78 is 10.7. The first-order chi connectivity index (χ1) is 9.80. The number of nitrogens with two attached hydrogens (primary N) is 1. The number of carbonyl (C=O) groups is 2. The number of rotatable bonds is 3. The molecule has 1 rings (SSSR count). The third-order valence-corrected chi connectivity index (χ3v) is 2.78. The molecular formula is C14H29N3O4. The molecule has 1 aliphatic heterocycles. The van der Waals surface area contributed by atoms with E-state index < -0.39 is 11.7 Å². The van der Waals surface area contributed by atoms with Crippen LogP contribution in [0.25, 0.3) is 0 Å². The second-order valence-corrected chi connectivity index (χ2v) is 5.75. The lowest BCUT2D eigenvalue weighted by atomic mass is 10.0. The van der Waals surface area contributed by atoms with Crippen LogP contribution >= 0.6 is 0 Å². The molecule has 0 aromatic rings. The van der Waals surface area contributed by atoms with E-state index in [0.29, 0.717) is 13.0 Å². The molecule has 4 N–H and O–H groups in total. The van der Waals surface area contributed by atoms with Gasteiger partial charge in [-0.2, -0.15) is 0 Å². The van der Waals surface area contributed by atoms with Crippen LogP contribution in [-0.2, 0) is 14.3 Å². The van der Waals surface area contributed by atoms with E-state index in [0.717, 1.165) is 12.8 Å². The van der Waals surface area contributed by atoms with Crippen molar-refractivity contribution in [1.82, 2.24) is 10.6 Å². The number of alkyl carbamates (subject to hydrolysis) is 1. The van der Waals surface area contributed by atoms with E-state index in [1.165, 1.54) is 7.05 Å². The third kappa shape index (κ3) is 9.25. The zero-order valence-corrected chi connectivity index (χ0v) is 13.7. The van der Waals surface area contributed by atoms with Crippen LogP contribution in [-0.4, -0.2) is 50.4 Å². The van der Waals surface area contributed by atoms with Gasteiger partial charge in [0.15, 0.2) is 0 Å². The number of amides is 2. The Hall–Kier alpha value is -1.34. The largest absolute Gasteiger partial charge is 0.444 e. The van der Waals surface area contributed by atoms with Gasteiger partial charge >= 0.3 is 6.09 Å². The number of hydrogen-bond acceptors (Lipinski definition) is 5. The summed E-state index contributed by atoms with van der Waals surface area (Å²) in [5.74, 6) is -0.0245. The molecule has 1 fully saturated rings. The highest BCUT2D eigenvalue weighted by molar-refractivity contribution is 5.76. The smallest absolute Gasteiger partial charge is 0.407 e. The Bertz CT molecular complexity index is 321. The third-order valence-electron chi connectivity index (χ3n) is 2.78. The van der Waals surface area contributed by atoms with Gasteiger partial charge in [0, 0.05) is 7.05 Å². The maximum Gasteiger partial charge on any atom is 0.407 e. The number of hydrogen-bond donors (Lipinski definition) is 3. The number of carbonyl (C=O) groups excluding carboxylic acids is 2. The fraction of sp³-hybridized carbons (Fsp3) is 0.857. The summed E-state index contributed by atoms with van der Waals surface area (Å²) >= 11 is 0. The monoisotopic (exact) mass is 303 g/mol. The van der Waals surface area contributed by atoms with E-state index >= 15 is 0 Å². The lowest BCUT2D eigenvalue weighted by Gasteiger charge is -2.30. The molecule has 1 saturated heterocycles. The zero-order valence-electron chi connectivity index (χ0n) is 13.7. The molecule has 0 aromatic heterocycles. The van der Waals surface area contributed by atoms with Crippen molar-refractivity contribution in [2.45, 2.75) is 57.8 Å². The fourth-order valence-electron chi connectivity index (χ4n) is 1.86. The first-order valence-electron chi connectivity index (χ1n) is 7.19. The Morgan fingerprint density at radius 3 is 2.33 bits per heavy atom. The van der Waals surface area contributed by atoms with E-state index in [1.807, 2.05) is 20.8 Å². The molecule has 7 heteroatoms. The lowest BCUT2D eigenvalue weighted by molar-refractivity contribution is -0.124. The van der Waals surface area contributed by atoms with E-state index in [9.17, 15) is 9.59 Å². The molecule has 1 heterocycles. The fourth-order valence-corrected chi connectivity index (χ4v) is 1.86. The molecule has 2 atom stereocenters. The SMILES string of the molecule is CN.CNC(=O)C[C@@H]1CC[C@@H](NC(=O)OC(C)(C)C)CO1. The molecule has 124 valence electrons. The van der Waals surface area contributed by atoms with E-state index in [4.69, 9.17) is 9.47 Å². The highest BCUT2D eigenvalue weighted by atomic mass is 16.6. The Morgan fingerprint density at radius 1 is 1.29 bits per heavy atom. The summed E-state index contributed by atoms with van der Waals surface area (Å²) in [4.78, 5) is 22.8. The minimum Gasteiger partial charge on any atom is -0.444 e. The minimum absolute atomic E-state index is 0.0245. The van der Waals surface area contributed by atoms with Crippen molar-refractivity contribution in [3.63, 3.8) is 0 Å². The second kappa shape index (κ2) is 9.57. The van der Waals surface area contributed by atoms with Gasteiger partial charge in [-0.1, -0.05) is 0 Å². The summed E-state index contributed by atoms with van der Waals surface area (Å²) in [5, 5.41) is 5.35. The van der Waals surface area contributed by atoms with Gasteiger partial charge < -0.3 is 25.8 Å². The van der Waals surface area contributed by atoms with Crippen LogP contribution in [0.4, 0.5) is 4.79 Å². The molecule has 0 spiro atoms. The summed E-state index contributed by atoms with van der Waals surface area (Å²) in [5.41, 5.74) is 4.00. The molecule has 7 nitrogen and oxygen atoms in total. The molecule has 0 bridgehead atoms. The maximum atomic E-state index is 11.6. The van der Waals surface area contributed by atoms with Gasteiger partial charge in [0.05, 0.1) is 25.2 Å². The Labute approximate surface area is 126 Å². The molecule has 0 saturated carbocycles. The van der Waals surface area contributed by atoms with Gasteiger partial charge in [-0.3, -0.25) is 4.79 Å². The molecule has 2 amide bonds. The molecule has 0 aliphatic carbocycles. The van der Waals surface area contributed by atoms with Crippen LogP contribution in [0.5, 0.6) is 0 Å². The molecule has 0 radical (unpaired) electrons. The molecule has 0 unspecified atom stereocenters. The number of nitrogens with one attached hydrogen (secondary N) is 2. The predicted molar refractivity (Wildman–Crippen MR) is 80.9 cm³/mol. The van der Waals surface area contributed by atoms with Crippen molar-refractivity contribution in [2.75, 3.05) is 20.7 Å². The molecular weight excluding hydrogens is 274 g/mol. The summed E-state index contributed by atoms with van der Waals surface area (Å²) in [6.07, 6.45) is 1.44. The van der Waals surface area contributed by atoms with Crippen LogP contribution in [0.1, 0.15) is 40.0 Å². The summed E-state index contributed by atoms with van der Waals surface area (Å²) in [7, 11) is 3.11. The van der Waals surface area contributed by atoms with Gasteiger partial charge in [0.1, 0.15) is 5.60 Å². The van der Waals surface area contributed by atoms with Crippen molar-refractivity contribution >= 4 is 12.0 Å². The van der Waals surface area contributed by atoms with E-state index in [2.05, 4.69) is 16.4 Å². The molecule has 0 aromatic carbocycles. The van der Waals surface area contributed by atoms with Crippen molar-refractivity contribution in [1.29, 1.82) is 0 Å². The first-order valence-corrected chi connectivity index (χ1v) is 7.19. The van der Waals surface area contributed by atoms with Crippen molar-refractivity contribution < 1.29 is 19.1 Å². The van der Waals surface area contributed by atoms with Crippen molar-refractivity contribution in [2.24, 2.45) is 5.73 Å². The molecule has 1 aliphatic rings. The van der Waals surface area contributed by atoms with Gasteiger partial charge in [0.2, 0.25) is 5.91 Å². The Balaban J connectivity index is 0.00000191. The van der Waals surface area contributed by atoms with Crippen LogP contribution in [0.15, 0.2) is 0 Å². The van der Waals surface area contributed by atoms with Crippen LogP contribution in [0.3, 0.4) is 0 Å². The topological polar surface area (TPSA) is 103 Å². The van der Waals surface area contributed by atoms with Crippen LogP contribution in [0, 0.1) is 0 Å². The summed E-state index contributed by atoms with van der Waals surface area (Å²) in [6.45, 7) is 5.89. The molecule has 21 heavy (non-hydrogen) atoms. The van der Waals surface area contributed by atoms with Gasteiger partial charge in [-0.05, 0) is 40.7 Å². The highest BCUT2D eigenvalue weighted by Crippen LogP contribution is 2.17. The highest BCUT2D eigenvalue weighted by Gasteiger charge is 2.26. The standard InChI is InChI=1S/C13H24N2O4.CH5N/c1-13(2,3)19-12(17)15-9-5-6-10(18-8-9)7-11(16)14-4;1-2/h9-10H,5-8H2,1-4H3,(H,14,16)(H,15,17);2H2,1H3/t9-,10+;/m1./s1. The van der Waals surface area contributed by atoms with Gasteiger partial charge in [0.25, 0.3) is 0 Å². The van der Waals surface area contributed by atoms with E-state index in [-0.39, 0.29) is 18.1 Å². The minimum atomic E-state index is -0.499. The average Bonchev–Trinajstić information content (AvgIpc) is 2.41. The maximum absolute atomic E-state index is 11.6. The van der Waals surface area contributed by atoms with Gasteiger partial charge in [-0.25, -0.2) is 4.79 Å². The number of ether oxygens (including phenoxy) is 2. The van der Waals surface area contributed by atoms with Crippen molar-refractivity contribution in [3.8, 4) is 0 Å². The second-order valence-electron chi connectivity index (χ2n) is 5.75. The normalized spacial score (nSPS) is 21.6. The van der Waals surface area contributed by atoms with Gasteiger partial charge in [-0.15, -0.1) is 0 Å². The zero-order chi connectivity index (χ0) is 16.5. The van der Waals surface area contributed by atoms with Crippen molar-refractivity contribution in [3.05, 3.63) is 0 Å². The Kier molecular flexibility index (Phi) is 8.96. The van der Waals surface area contributed by atoms with Crippen LogP contribution < -0.4 is 16.4 Å². The Morgan fingerprint density at radius 2 is 1.90 bits per heavy atom. The quantitative estimate of drug-likeness (QED) is 0.714.